The average molecular weight is 336 g/mol. The molecule has 0 N–H and O–H groups in total. The lowest BCUT2D eigenvalue weighted by molar-refractivity contribution is -0.130. The molecule has 0 radical (unpaired) electrons. The molecule has 0 atom stereocenters. The molecule has 0 unspecified atom stereocenters. The predicted octanol–water partition coefficient (Wildman–Crippen LogP) is -0.657. The maximum absolute atomic E-state index is 12.3. The maximum atomic E-state index is 12.3. The first kappa shape index (κ1) is 15.9. The summed E-state index contributed by atoms with van der Waals surface area (Å²) in [5, 5.41) is 12.7. The molecule has 0 aromatic carbocycles. The summed E-state index contributed by atoms with van der Waals surface area (Å²) in [5.74, 6) is 0.569. The van der Waals surface area contributed by atoms with Crippen molar-refractivity contribution in [2.75, 3.05) is 38.5 Å². The van der Waals surface area contributed by atoms with Crippen LogP contribution in [0, 0.1) is 0 Å². The Bertz CT molecular complexity index is 620. The number of amides is 1. The third-order valence-corrected chi connectivity index (χ3v) is 4.85. The fraction of sp³-hybridized carbons (Fsp3) is 0.615. The third-order valence-electron chi connectivity index (χ3n) is 3.83. The molecule has 1 aliphatic rings. The molecule has 3 rings (SSSR count). The lowest BCUT2D eigenvalue weighted by atomic mass is 10.3. The van der Waals surface area contributed by atoms with E-state index in [0.29, 0.717) is 5.75 Å². The zero-order chi connectivity index (χ0) is 16.1. The number of thioether (sulfide) groups is 1. The molecule has 1 aliphatic heterocycles. The summed E-state index contributed by atoms with van der Waals surface area (Å²) in [6, 6.07) is 0. The summed E-state index contributed by atoms with van der Waals surface area (Å²) in [6.45, 7) is 5.10. The van der Waals surface area contributed by atoms with Crippen molar-refractivity contribution in [3.05, 3.63) is 19.0 Å². The number of carbonyl (C=O) groups is 1. The van der Waals surface area contributed by atoms with Crippen molar-refractivity contribution < 1.29 is 4.79 Å². The van der Waals surface area contributed by atoms with Crippen LogP contribution in [-0.4, -0.2) is 83.7 Å². The number of rotatable bonds is 6. The van der Waals surface area contributed by atoms with Crippen LogP contribution >= 0.6 is 11.8 Å². The van der Waals surface area contributed by atoms with E-state index in [4.69, 9.17) is 0 Å². The molecule has 2 aromatic rings. The van der Waals surface area contributed by atoms with Gasteiger partial charge < -0.3 is 9.47 Å². The van der Waals surface area contributed by atoms with Crippen LogP contribution in [0.5, 0.6) is 0 Å². The van der Waals surface area contributed by atoms with E-state index in [-0.39, 0.29) is 5.91 Å². The van der Waals surface area contributed by atoms with Crippen molar-refractivity contribution in [1.82, 2.24) is 39.3 Å². The fourth-order valence-corrected chi connectivity index (χ4v) is 3.22. The highest BCUT2D eigenvalue weighted by Crippen LogP contribution is 2.14. The topological polar surface area (TPSA) is 85.0 Å². The third kappa shape index (κ3) is 4.29. The normalized spacial score (nSPS) is 16.0. The monoisotopic (exact) mass is 336 g/mol. The van der Waals surface area contributed by atoms with E-state index >= 15 is 0 Å². The smallest absolute Gasteiger partial charge is 0.233 e. The van der Waals surface area contributed by atoms with E-state index in [1.165, 1.54) is 11.8 Å². The molecule has 0 bridgehead atoms. The number of aryl methyl sites for hydroxylation is 1. The highest BCUT2D eigenvalue weighted by molar-refractivity contribution is 7.99. The summed E-state index contributed by atoms with van der Waals surface area (Å²) in [7, 11) is 1.88. The Balaban J connectivity index is 1.38. The molecule has 1 fully saturated rings. The first-order valence-corrected chi connectivity index (χ1v) is 8.50. The molecule has 23 heavy (non-hydrogen) atoms. The molecule has 9 nitrogen and oxygen atoms in total. The lowest BCUT2D eigenvalue weighted by Gasteiger charge is -2.34. The summed E-state index contributed by atoms with van der Waals surface area (Å²) in [6.07, 6.45) is 4.91. The van der Waals surface area contributed by atoms with Gasteiger partial charge in [0.2, 0.25) is 5.91 Å². The van der Waals surface area contributed by atoms with Gasteiger partial charge in [-0.05, 0) is 0 Å². The first-order valence-electron chi connectivity index (χ1n) is 7.52. The summed E-state index contributed by atoms with van der Waals surface area (Å²) < 4.78 is 3.65. The Kier molecular flexibility index (Phi) is 5.23. The Morgan fingerprint density at radius 1 is 1.22 bits per heavy atom. The van der Waals surface area contributed by atoms with Gasteiger partial charge in [-0.15, -0.1) is 10.2 Å². The minimum absolute atomic E-state index is 0.161. The molecule has 0 spiro atoms. The molecule has 10 heteroatoms. The molecule has 1 saturated heterocycles. The molecule has 3 heterocycles. The van der Waals surface area contributed by atoms with Crippen LogP contribution in [0.1, 0.15) is 0 Å². The largest absolute Gasteiger partial charge is 0.339 e. The van der Waals surface area contributed by atoms with Crippen molar-refractivity contribution in [2.24, 2.45) is 7.05 Å². The van der Waals surface area contributed by atoms with Gasteiger partial charge in [0.15, 0.2) is 5.16 Å². The van der Waals surface area contributed by atoms with E-state index in [0.717, 1.165) is 44.4 Å². The van der Waals surface area contributed by atoms with E-state index < -0.39 is 0 Å². The van der Waals surface area contributed by atoms with Gasteiger partial charge in [-0.25, -0.2) is 4.98 Å². The minimum atomic E-state index is 0.161. The Labute approximate surface area is 138 Å². The van der Waals surface area contributed by atoms with E-state index in [2.05, 4.69) is 25.2 Å². The summed E-state index contributed by atoms with van der Waals surface area (Å²) in [5.41, 5.74) is 0. The standard InChI is InChI=1S/C13H20N8OS/c1-18-11-15-17-13(18)23-8-12(22)20-5-2-19(3-6-20)4-7-21-10-14-9-16-21/h9-11H,2-8H2,1H3. The number of nitrogens with zero attached hydrogens (tertiary/aromatic N) is 8. The van der Waals surface area contributed by atoms with Gasteiger partial charge in [0.05, 0.1) is 12.3 Å². The summed E-state index contributed by atoms with van der Waals surface area (Å²) in [4.78, 5) is 20.5. The van der Waals surface area contributed by atoms with Crippen LogP contribution in [0.15, 0.2) is 24.1 Å². The Morgan fingerprint density at radius 2 is 2.04 bits per heavy atom. The molecule has 1 amide bonds. The van der Waals surface area contributed by atoms with Crippen LogP contribution in [0.25, 0.3) is 0 Å². The number of carbonyl (C=O) groups excluding carboxylic acids is 1. The number of hydrogen-bond donors (Lipinski definition) is 0. The van der Waals surface area contributed by atoms with E-state index in [1.807, 2.05) is 21.2 Å². The Hall–Kier alpha value is -1.94. The van der Waals surface area contributed by atoms with Crippen molar-refractivity contribution in [3.63, 3.8) is 0 Å². The summed E-state index contributed by atoms with van der Waals surface area (Å²) >= 11 is 1.43. The maximum Gasteiger partial charge on any atom is 0.233 e. The van der Waals surface area contributed by atoms with Gasteiger partial charge >= 0.3 is 0 Å². The minimum Gasteiger partial charge on any atom is -0.339 e. The molecule has 0 saturated carbocycles. The average Bonchev–Trinajstić information content (AvgIpc) is 3.23. The van der Waals surface area contributed by atoms with Crippen molar-refractivity contribution in [3.8, 4) is 0 Å². The van der Waals surface area contributed by atoms with Crippen LogP contribution in [-0.2, 0) is 18.4 Å². The SMILES string of the molecule is Cn1cnnc1SCC(=O)N1CCN(CCn2cncn2)CC1. The zero-order valence-electron chi connectivity index (χ0n) is 13.1. The predicted molar refractivity (Wildman–Crippen MR) is 84.8 cm³/mol. The molecular formula is C13H20N8OS. The van der Waals surface area contributed by atoms with Gasteiger partial charge in [-0.1, -0.05) is 11.8 Å². The van der Waals surface area contributed by atoms with Gasteiger partial charge in [-0.2, -0.15) is 5.10 Å². The lowest BCUT2D eigenvalue weighted by Crippen LogP contribution is -2.49. The van der Waals surface area contributed by atoms with E-state index in [1.54, 1.807) is 19.0 Å². The first-order chi connectivity index (χ1) is 11.2. The van der Waals surface area contributed by atoms with Gasteiger partial charge in [0.25, 0.3) is 0 Å². The van der Waals surface area contributed by atoms with Crippen LogP contribution < -0.4 is 0 Å². The van der Waals surface area contributed by atoms with Crippen LogP contribution in [0.4, 0.5) is 0 Å². The fourth-order valence-electron chi connectivity index (χ4n) is 2.43. The van der Waals surface area contributed by atoms with Gasteiger partial charge in [0, 0.05) is 39.8 Å². The van der Waals surface area contributed by atoms with E-state index in [9.17, 15) is 4.79 Å². The second kappa shape index (κ2) is 7.55. The Morgan fingerprint density at radius 3 is 2.70 bits per heavy atom. The van der Waals surface area contributed by atoms with Crippen LogP contribution in [0.2, 0.25) is 0 Å². The molecule has 124 valence electrons. The second-order valence-corrected chi connectivity index (χ2v) is 6.34. The van der Waals surface area contributed by atoms with Crippen molar-refractivity contribution in [2.45, 2.75) is 11.7 Å². The van der Waals surface area contributed by atoms with Gasteiger partial charge in [0.1, 0.15) is 19.0 Å². The molecular weight excluding hydrogens is 316 g/mol. The van der Waals surface area contributed by atoms with Crippen molar-refractivity contribution in [1.29, 1.82) is 0 Å². The number of hydrogen-bond acceptors (Lipinski definition) is 7. The van der Waals surface area contributed by atoms with Crippen LogP contribution in [0.3, 0.4) is 0 Å². The quantitative estimate of drug-likeness (QED) is 0.648. The molecule has 0 aliphatic carbocycles. The number of aromatic nitrogens is 6. The molecule has 2 aromatic heterocycles. The van der Waals surface area contributed by atoms with Gasteiger partial charge in [-0.3, -0.25) is 14.4 Å². The highest BCUT2D eigenvalue weighted by atomic mass is 32.2. The second-order valence-electron chi connectivity index (χ2n) is 5.39. The number of piperazine rings is 1. The zero-order valence-corrected chi connectivity index (χ0v) is 13.9. The highest BCUT2D eigenvalue weighted by Gasteiger charge is 2.21. The van der Waals surface area contributed by atoms with Crippen molar-refractivity contribution >= 4 is 17.7 Å².